The van der Waals surface area contributed by atoms with E-state index in [4.69, 9.17) is 0 Å². The van der Waals surface area contributed by atoms with Crippen molar-refractivity contribution in [3.8, 4) is 5.75 Å². The van der Waals surface area contributed by atoms with Crippen LogP contribution < -0.4 is 5.32 Å². The Morgan fingerprint density at radius 3 is 2.50 bits per heavy atom. The minimum absolute atomic E-state index is 0. The first-order chi connectivity index (χ1) is 11.9. The lowest BCUT2D eigenvalue weighted by Crippen LogP contribution is -2.22. The zero-order valence-corrected chi connectivity index (χ0v) is 16.3. The molecule has 1 aliphatic rings. The molecule has 0 radical (unpaired) electrons. The van der Waals surface area contributed by atoms with Crippen molar-refractivity contribution in [2.75, 3.05) is 18.4 Å². The summed E-state index contributed by atoms with van der Waals surface area (Å²) in [5.74, 6) is 0.522. The third-order valence-electron chi connectivity index (χ3n) is 4.26. The van der Waals surface area contributed by atoms with Crippen LogP contribution >= 0.6 is 12.4 Å². The van der Waals surface area contributed by atoms with Gasteiger partial charge in [-0.3, -0.25) is 4.90 Å². The summed E-state index contributed by atoms with van der Waals surface area (Å²) >= 11 is 0. The minimum Gasteiger partial charge on any atom is -0.508 e. The molecule has 2 N–H and O–H groups in total. The number of phenols is 1. The van der Waals surface area contributed by atoms with Crippen LogP contribution in [0, 0.1) is 0 Å². The molecule has 6 nitrogen and oxygen atoms in total. The van der Waals surface area contributed by atoms with Gasteiger partial charge in [0.05, 0.1) is 0 Å². The molecule has 8 heteroatoms. The van der Waals surface area contributed by atoms with Crippen molar-refractivity contribution in [3.05, 3.63) is 53.6 Å². The second kappa shape index (κ2) is 8.07. The van der Waals surface area contributed by atoms with Gasteiger partial charge in [0.15, 0.2) is 5.84 Å². The summed E-state index contributed by atoms with van der Waals surface area (Å²) < 4.78 is 28.1. The Kier molecular flexibility index (Phi) is 6.28. The Hall–Kier alpha value is -2.09. The number of nitrogens with zero attached hydrogens (tertiary/aromatic N) is 2. The molecule has 0 bridgehead atoms. The molecule has 0 spiro atoms. The highest BCUT2D eigenvalue weighted by Crippen LogP contribution is 2.28. The van der Waals surface area contributed by atoms with E-state index in [9.17, 15) is 13.5 Å². The van der Waals surface area contributed by atoms with Gasteiger partial charge < -0.3 is 10.4 Å². The average Bonchev–Trinajstić information content (AvgIpc) is 2.86. The van der Waals surface area contributed by atoms with Gasteiger partial charge in [-0.2, -0.15) is 8.42 Å². The molecule has 0 fully saturated rings. The van der Waals surface area contributed by atoms with E-state index in [2.05, 4.69) is 28.5 Å². The predicted molar refractivity (Wildman–Crippen MR) is 106 cm³/mol. The van der Waals surface area contributed by atoms with Crippen molar-refractivity contribution in [2.45, 2.75) is 25.3 Å². The first-order valence-corrected chi connectivity index (χ1v) is 9.64. The summed E-state index contributed by atoms with van der Waals surface area (Å²) in [5.41, 5.74) is 2.02. The standard InChI is InChI=1S/C18H21N3O3S.ClH/c1-3-21(4-2)12-13-11-14(9-10-16(13)22)19-18-15-7-5-6-8-17(15)25(23,24)20-18;/h5-11,22H,3-4,12H2,1-2H3,(H,19,20);1H. The van der Waals surface area contributed by atoms with Crippen LogP contribution in [0.2, 0.25) is 0 Å². The average molecular weight is 396 g/mol. The van der Waals surface area contributed by atoms with Gasteiger partial charge in [-0.15, -0.1) is 16.8 Å². The van der Waals surface area contributed by atoms with Gasteiger partial charge in [-0.1, -0.05) is 26.0 Å². The van der Waals surface area contributed by atoms with E-state index >= 15 is 0 Å². The maximum absolute atomic E-state index is 12.1. The van der Waals surface area contributed by atoms with E-state index in [1.54, 1.807) is 36.4 Å². The quantitative estimate of drug-likeness (QED) is 0.759. The third kappa shape index (κ3) is 4.00. The van der Waals surface area contributed by atoms with Crippen molar-refractivity contribution >= 4 is 34.0 Å². The number of hydrogen-bond acceptors (Lipinski definition) is 5. The van der Waals surface area contributed by atoms with Crippen LogP contribution in [0.4, 0.5) is 5.69 Å². The molecule has 0 saturated carbocycles. The largest absolute Gasteiger partial charge is 0.508 e. The molecule has 0 atom stereocenters. The zero-order chi connectivity index (χ0) is 18.0. The van der Waals surface area contributed by atoms with Crippen LogP contribution in [-0.2, 0) is 16.6 Å². The third-order valence-corrected chi connectivity index (χ3v) is 5.60. The Balaban J connectivity index is 0.00000243. The highest BCUT2D eigenvalue weighted by Gasteiger charge is 2.28. The number of sulfonamides is 1. The van der Waals surface area contributed by atoms with Gasteiger partial charge in [0.2, 0.25) is 0 Å². The lowest BCUT2D eigenvalue weighted by molar-refractivity contribution is 0.291. The molecule has 0 saturated heterocycles. The number of benzene rings is 2. The van der Waals surface area contributed by atoms with E-state index < -0.39 is 10.0 Å². The molecule has 2 aromatic rings. The zero-order valence-electron chi connectivity index (χ0n) is 14.6. The Morgan fingerprint density at radius 2 is 1.81 bits per heavy atom. The fourth-order valence-electron chi connectivity index (χ4n) is 2.81. The van der Waals surface area contributed by atoms with Crippen molar-refractivity contribution in [3.63, 3.8) is 0 Å². The van der Waals surface area contributed by atoms with Crippen molar-refractivity contribution in [1.29, 1.82) is 0 Å². The molecule has 2 aromatic carbocycles. The number of anilines is 1. The predicted octanol–water partition coefficient (Wildman–Crippen LogP) is 3.22. The molecular formula is C18H22ClN3O3S. The van der Waals surface area contributed by atoms with Crippen LogP contribution in [0.1, 0.15) is 25.0 Å². The molecule has 140 valence electrons. The van der Waals surface area contributed by atoms with Crippen LogP contribution in [0.25, 0.3) is 0 Å². The number of fused-ring (bicyclic) bond motifs is 1. The normalized spacial score (nSPS) is 14.5. The number of halogens is 1. The van der Waals surface area contributed by atoms with Gasteiger partial charge in [0, 0.05) is 23.4 Å². The van der Waals surface area contributed by atoms with Crippen LogP contribution in [0.15, 0.2) is 51.8 Å². The highest BCUT2D eigenvalue weighted by atomic mass is 35.5. The maximum atomic E-state index is 12.1. The number of hydrogen-bond donors (Lipinski definition) is 2. The summed E-state index contributed by atoms with van der Waals surface area (Å²) in [6.07, 6.45) is 0. The number of nitrogens with one attached hydrogen (secondary N) is 1. The van der Waals surface area contributed by atoms with E-state index in [0.29, 0.717) is 23.6 Å². The number of phenolic OH excluding ortho intramolecular Hbond substituents is 1. The van der Waals surface area contributed by atoms with Crippen molar-refractivity contribution in [2.24, 2.45) is 4.40 Å². The first-order valence-electron chi connectivity index (χ1n) is 8.20. The van der Waals surface area contributed by atoms with Crippen molar-refractivity contribution < 1.29 is 13.5 Å². The van der Waals surface area contributed by atoms with E-state index in [0.717, 1.165) is 18.7 Å². The number of amidine groups is 1. The molecule has 1 aliphatic heterocycles. The topological polar surface area (TPSA) is 82.0 Å². The lowest BCUT2D eigenvalue weighted by atomic mass is 10.1. The van der Waals surface area contributed by atoms with Crippen LogP contribution in [0.3, 0.4) is 0 Å². The Morgan fingerprint density at radius 1 is 1.12 bits per heavy atom. The molecule has 3 rings (SSSR count). The summed E-state index contributed by atoms with van der Waals surface area (Å²) in [6, 6.07) is 11.9. The molecule has 0 aromatic heterocycles. The second-order valence-electron chi connectivity index (χ2n) is 5.84. The summed E-state index contributed by atoms with van der Waals surface area (Å²) in [5, 5.41) is 13.2. The Bertz CT molecular complexity index is 925. The Labute approximate surface area is 160 Å². The fourth-order valence-corrected chi connectivity index (χ4v) is 3.99. The monoisotopic (exact) mass is 395 g/mol. The number of rotatable bonds is 5. The molecule has 26 heavy (non-hydrogen) atoms. The molecule has 0 aliphatic carbocycles. The first kappa shape index (κ1) is 20.2. The van der Waals surface area contributed by atoms with E-state index in [1.807, 2.05) is 6.07 Å². The molecule has 1 heterocycles. The summed E-state index contributed by atoms with van der Waals surface area (Å²) in [7, 11) is -3.65. The lowest BCUT2D eigenvalue weighted by Gasteiger charge is -2.19. The van der Waals surface area contributed by atoms with Crippen LogP contribution in [-0.4, -0.2) is 37.3 Å². The van der Waals surface area contributed by atoms with E-state index in [1.165, 1.54) is 0 Å². The van der Waals surface area contributed by atoms with Gasteiger partial charge in [0.25, 0.3) is 10.0 Å². The molecule has 0 amide bonds. The fraction of sp³-hybridized carbons (Fsp3) is 0.278. The van der Waals surface area contributed by atoms with Gasteiger partial charge in [0.1, 0.15) is 10.6 Å². The van der Waals surface area contributed by atoms with Crippen LogP contribution in [0.5, 0.6) is 5.75 Å². The van der Waals surface area contributed by atoms with Gasteiger partial charge >= 0.3 is 0 Å². The summed E-state index contributed by atoms with van der Waals surface area (Å²) in [4.78, 5) is 2.39. The SMILES string of the molecule is CCN(CC)Cc1cc(NC2=NS(=O)(=O)c3ccccc32)ccc1O.Cl. The minimum atomic E-state index is -3.65. The van der Waals surface area contributed by atoms with Gasteiger partial charge in [-0.25, -0.2) is 0 Å². The highest BCUT2D eigenvalue weighted by molar-refractivity contribution is 7.90. The van der Waals surface area contributed by atoms with Crippen molar-refractivity contribution in [1.82, 2.24) is 4.90 Å². The second-order valence-corrected chi connectivity index (χ2v) is 7.41. The maximum Gasteiger partial charge on any atom is 0.285 e. The molecular weight excluding hydrogens is 374 g/mol. The van der Waals surface area contributed by atoms with Gasteiger partial charge in [-0.05, 0) is 43.4 Å². The molecule has 0 unspecified atom stereocenters. The summed E-state index contributed by atoms with van der Waals surface area (Å²) in [6.45, 7) is 6.52. The number of aromatic hydroxyl groups is 1. The van der Waals surface area contributed by atoms with E-state index in [-0.39, 0.29) is 23.1 Å². The smallest absolute Gasteiger partial charge is 0.285 e.